The predicted molar refractivity (Wildman–Crippen MR) is 77.9 cm³/mol. The van der Waals surface area contributed by atoms with Crippen molar-refractivity contribution in [2.45, 2.75) is 13.1 Å². The van der Waals surface area contributed by atoms with Crippen LogP contribution >= 0.6 is 34.5 Å². The largest absolute Gasteiger partial charge is 0.495 e. The monoisotopic (exact) mass is 301 g/mol. The van der Waals surface area contributed by atoms with Gasteiger partial charge < -0.3 is 10.1 Å². The molecule has 2 aromatic rings. The Labute approximate surface area is 120 Å². The van der Waals surface area contributed by atoms with Gasteiger partial charge in [0.1, 0.15) is 5.75 Å². The van der Waals surface area contributed by atoms with Crippen LogP contribution in [0.1, 0.15) is 10.4 Å². The summed E-state index contributed by atoms with van der Waals surface area (Å²) in [6.07, 6.45) is 0. The zero-order chi connectivity index (χ0) is 13.0. The third-order valence-electron chi connectivity index (χ3n) is 2.47. The third kappa shape index (κ3) is 3.62. The zero-order valence-electron chi connectivity index (χ0n) is 9.87. The molecule has 0 aliphatic carbocycles. The van der Waals surface area contributed by atoms with Gasteiger partial charge in [0.25, 0.3) is 0 Å². The smallest absolute Gasteiger partial charge is 0.137 e. The number of thiophene rings is 1. The minimum Gasteiger partial charge on any atom is -0.495 e. The molecule has 0 unspecified atom stereocenters. The first-order chi connectivity index (χ1) is 8.69. The van der Waals surface area contributed by atoms with Crippen molar-refractivity contribution in [1.29, 1.82) is 0 Å². The second-order valence-electron chi connectivity index (χ2n) is 3.78. The number of nitrogens with one attached hydrogen (secondary N) is 1. The summed E-state index contributed by atoms with van der Waals surface area (Å²) in [5.74, 6) is 0.699. The van der Waals surface area contributed by atoms with Gasteiger partial charge in [0, 0.05) is 18.0 Å². The maximum absolute atomic E-state index is 6.06. The molecule has 1 heterocycles. The molecule has 18 heavy (non-hydrogen) atoms. The van der Waals surface area contributed by atoms with Crippen molar-refractivity contribution >= 4 is 34.5 Å². The lowest BCUT2D eigenvalue weighted by molar-refractivity contribution is 0.415. The van der Waals surface area contributed by atoms with E-state index in [1.54, 1.807) is 18.4 Å². The molecule has 0 saturated carbocycles. The maximum Gasteiger partial charge on any atom is 0.137 e. The molecule has 0 bridgehead atoms. The van der Waals surface area contributed by atoms with Crippen LogP contribution in [0.25, 0.3) is 0 Å². The Kier molecular flexibility index (Phi) is 4.89. The number of halogens is 2. The summed E-state index contributed by atoms with van der Waals surface area (Å²) in [7, 11) is 1.61. The number of ether oxygens (including phenoxy) is 1. The second kappa shape index (κ2) is 6.43. The topological polar surface area (TPSA) is 21.3 Å². The highest BCUT2D eigenvalue weighted by molar-refractivity contribution is 7.16. The number of benzene rings is 1. The zero-order valence-corrected chi connectivity index (χ0v) is 12.2. The minimum atomic E-state index is 0.635. The van der Waals surface area contributed by atoms with E-state index in [2.05, 4.69) is 5.32 Å². The lowest BCUT2D eigenvalue weighted by Gasteiger charge is -2.07. The summed E-state index contributed by atoms with van der Waals surface area (Å²) < 4.78 is 5.93. The molecule has 5 heteroatoms. The van der Waals surface area contributed by atoms with Crippen LogP contribution in [0, 0.1) is 0 Å². The van der Waals surface area contributed by atoms with Gasteiger partial charge in [-0.2, -0.15) is 0 Å². The SMILES string of the molecule is COc1ccc(CNCc2ccc(Cl)s2)cc1Cl. The third-order valence-corrected chi connectivity index (χ3v) is 4.00. The molecule has 0 fully saturated rings. The van der Waals surface area contributed by atoms with Crippen LogP contribution in [0.15, 0.2) is 30.3 Å². The number of rotatable bonds is 5. The molecule has 1 N–H and O–H groups in total. The van der Waals surface area contributed by atoms with Gasteiger partial charge >= 0.3 is 0 Å². The quantitative estimate of drug-likeness (QED) is 0.886. The number of methoxy groups -OCH3 is 1. The fourth-order valence-corrected chi connectivity index (χ4v) is 2.93. The first-order valence-electron chi connectivity index (χ1n) is 5.46. The van der Waals surface area contributed by atoms with Crippen LogP contribution in [0.3, 0.4) is 0 Å². The fraction of sp³-hybridized carbons (Fsp3) is 0.231. The van der Waals surface area contributed by atoms with Crippen LogP contribution in [0.2, 0.25) is 9.36 Å². The number of hydrogen-bond acceptors (Lipinski definition) is 3. The van der Waals surface area contributed by atoms with Crippen LogP contribution in [-0.4, -0.2) is 7.11 Å². The highest BCUT2D eigenvalue weighted by Crippen LogP contribution is 2.25. The Hall–Kier alpha value is -0.740. The van der Waals surface area contributed by atoms with Crippen LogP contribution < -0.4 is 10.1 Å². The summed E-state index contributed by atoms with van der Waals surface area (Å²) in [5, 5.41) is 3.98. The Balaban J connectivity index is 1.88. The Morgan fingerprint density at radius 2 is 2.00 bits per heavy atom. The standard InChI is InChI=1S/C13H13Cl2NOS/c1-17-12-4-2-9(6-11(12)14)7-16-8-10-3-5-13(15)18-10/h2-6,16H,7-8H2,1H3. The van der Waals surface area contributed by atoms with E-state index in [1.165, 1.54) is 4.88 Å². The molecular formula is C13H13Cl2NOS. The van der Waals surface area contributed by atoms with Gasteiger partial charge in [0.2, 0.25) is 0 Å². The van der Waals surface area contributed by atoms with E-state index in [9.17, 15) is 0 Å². The lowest BCUT2D eigenvalue weighted by Crippen LogP contribution is -2.11. The predicted octanol–water partition coefficient (Wildman–Crippen LogP) is 4.35. The van der Waals surface area contributed by atoms with Crippen LogP contribution in [0.4, 0.5) is 0 Å². The molecule has 0 spiro atoms. The second-order valence-corrected chi connectivity index (χ2v) is 5.99. The molecule has 0 aliphatic heterocycles. The summed E-state index contributed by atoms with van der Waals surface area (Å²) in [5.41, 5.74) is 1.13. The molecule has 2 rings (SSSR count). The molecule has 1 aromatic heterocycles. The molecule has 1 aromatic carbocycles. The van der Waals surface area contributed by atoms with Crippen LogP contribution in [0.5, 0.6) is 5.75 Å². The lowest BCUT2D eigenvalue weighted by atomic mass is 10.2. The van der Waals surface area contributed by atoms with E-state index in [0.717, 1.165) is 23.0 Å². The maximum atomic E-state index is 6.06. The average molecular weight is 302 g/mol. The normalized spacial score (nSPS) is 10.6. The Morgan fingerprint density at radius 3 is 2.61 bits per heavy atom. The van der Waals surface area contributed by atoms with Gasteiger partial charge in [0.05, 0.1) is 16.5 Å². The molecule has 0 radical (unpaired) electrons. The van der Waals surface area contributed by atoms with Crippen molar-refractivity contribution in [3.8, 4) is 5.75 Å². The summed E-state index contributed by atoms with van der Waals surface area (Å²) >= 11 is 13.5. The summed E-state index contributed by atoms with van der Waals surface area (Å²) in [6.45, 7) is 1.57. The van der Waals surface area contributed by atoms with Crippen molar-refractivity contribution in [2.24, 2.45) is 0 Å². The average Bonchev–Trinajstić information content (AvgIpc) is 2.75. The summed E-state index contributed by atoms with van der Waals surface area (Å²) in [6, 6.07) is 9.73. The van der Waals surface area contributed by atoms with Gasteiger partial charge in [-0.3, -0.25) is 0 Å². The minimum absolute atomic E-state index is 0.635. The molecule has 0 amide bonds. The number of hydrogen-bond donors (Lipinski definition) is 1. The molecule has 0 aliphatic rings. The Bertz CT molecular complexity index is 527. The van der Waals surface area contributed by atoms with E-state index in [-0.39, 0.29) is 0 Å². The first-order valence-corrected chi connectivity index (χ1v) is 7.03. The first kappa shape index (κ1) is 13.7. The Morgan fingerprint density at radius 1 is 1.17 bits per heavy atom. The van der Waals surface area contributed by atoms with Gasteiger partial charge in [-0.25, -0.2) is 0 Å². The van der Waals surface area contributed by atoms with E-state index in [4.69, 9.17) is 27.9 Å². The molecule has 2 nitrogen and oxygen atoms in total. The fourth-order valence-electron chi connectivity index (χ4n) is 1.60. The van der Waals surface area contributed by atoms with Gasteiger partial charge in [0.15, 0.2) is 0 Å². The van der Waals surface area contributed by atoms with E-state index < -0.39 is 0 Å². The van der Waals surface area contributed by atoms with Gasteiger partial charge in [-0.15, -0.1) is 11.3 Å². The van der Waals surface area contributed by atoms with Crippen molar-refractivity contribution < 1.29 is 4.74 Å². The van der Waals surface area contributed by atoms with E-state index >= 15 is 0 Å². The van der Waals surface area contributed by atoms with Gasteiger partial charge in [-0.05, 0) is 29.8 Å². The van der Waals surface area contributed by atoms with E-state index in [1.807, 2.05) is 30.3 Å². The molecular weight excluding hydrogens is 289 g/mol. The molecule has 96 valence electrons. The van der Waals surface area contributed by atoms with Crippen molar-refractivity contribution in [1.82, 2.24) is 5.32 Å². The summed E-state index contributed by atoms with van der Waals surface area (Å²) in [4.78, 5) is 1.22. The molecule has 0 atom stereocenters. The molecule has 0 saturated heterocycles. The van der Waals surface area contributed by atoms with Crippen molar-refractivity contribution in [3.05, 3.63) is 50.1 Å². The van der Waals surface area contributed by atoms with E-state index in [0.29, 0.717) is 10.8 Å². The van der Waals surface area contributed by atoms with Crippen molar-refractivity contribution in [3.63, 3.8) is 0 Å². The van der Waals surface area contributed by atoms with Crippen molar-refractivity contribution in [2.75, 3.05) is 7.11 Å². The van der Waals surface area contributed by atoms with Crippen LogP contribution in [-0.2, 0) is 13.1 Å². The highest BCUT2D eigenvalue weighted by Gasteiger charge is 2.02. The highest BCUT2D eigenvalue weighted by atomic mass is 35.5. The van der Waals surface area contributed by atoms with Gasteiger partial charge in [-0.1, -0.05) is 29.3 Å².